The Bertz CT molecular complexity index is 931. The van der Waals surface area contributed by atoms with Crippen molar-refractivity contribution in [2.45, 2.75) is 26.7 Å². The Balaban J connectivity index is 1.35. The summed E-state index contributed by atoms with van der Waals surface area (Å²) in [4.78, 5) is 32.2. The molecule has 31 heavy (non-hydrogen) atoms. The first-order chi connectivity index (χ1) is 14.9. The number of likely N-dealkylation sites (tertiary alicyclic amines) is 1. The lowest BCUT2D eigenvalue weighted by atomic mass is 9.95. The normalized spacial score (nSPS) is 19.5. The van der Waals surface area contributed by atoms with Crippen LogP contribution < -0.4 is 4.90 Å². The number of carbonyl (C=O) groups is 2. The molecule has 1 atom stereocenters. The van der Waals surface area contributed by atoms with Crippen LogP contribution in [0, 0.1) is 25.6 Å². The number of piperidine rings is 1. The van der Waals surface area contributed by atoms with E-state index in [2.05, 4.69) is 11.0 Å². The summed E-state index contributed by atoms with van der Waals surface area (Å²) >= 11 is 0. The van der Waals surface area contributed by atoms with Gasteiger partial charge in [0.1, 0.15) is 5.82 Å². The van der Waals surface area contributed by atoms with Gasteiger partial charge in [0.15, 0.2) is 0 Å². The van der Waals surface area contributed by atoms with Gasteiger partial charge in [-0.15, -0.1) is 0 Å². The van der Waals surface area contributed by atoms with E-state index < -0.39 is 0 Å². The van der Waals surface area contributed by atoms with Gasteiger partial charge in [-0.2, -0.15) is 0 Å². The van der Waals surface area contributed by atoms with E-state index in [4.69, 9.17) is 0 Å². The third-order valence-corrected chi connectivity index (χ3v) is 6.31. The topological polar surface area (TPSA) is 43.9 Å². The average Bonchev–Trinajstić information content (AvgIpc) is 2.78. The van der Waals surface area contributed by atoms with E-state index >= 15 is 0 Å². The Hall–Kier alpha value is -2.89. The molecule has 5 nitrogen and oxygen atoms in total. The molecule has 0 aliphatic carbocycles. The number of amides is 2. The van der Waals surface area contributed by atoms with E-state index in [1.54, 1.807) is 12.1 Å². The van der Waals surface area contributed by atoms with E-state index in [9.17, 15) is 14.0 Å². The first-order valence-electron chi connectivity index (χ1n) is 11.1. The minimum atomic E-state index is -0.241. The lowest BCUT2D eigenvalue weighted by molar-refractivity contribution is -0.137. The van der Waals surface area contributed by atoms with Gasteiger partial charge in [-0.25, -0.2) is 4.39 Å². The predicted molar refractivity (Wildman–Crippen MR) is 120 cm³/mol. The van der Waals surface area contributed by atoms with Crippen molar-refractivity contribution in [1.29, 1.82) is 0 Å². The fourth-order valence-corrected chi connectivity index (χ4v) is 4.74. The van der Waals surface area contributed by atoms with Crippen molar-refractivity contribution in [3.63, 3.8) is 0 Å². The van der Waals surface area contributed by atoms with E-state index in [1.165, 1.54) is 12.1 Å². The van der Waals surface area contributed by atoms with Crippen molar-refractivity contribution in [1.82, 2.24) is 9.80 Å². The molecule has 2 aliphatic heterocycles. The highest BCUT2D eigenvalue weighted by molar-refractivity contribution is 5.95. The summed E-state index contributed by atoms with van der Waals surface area (Å²) in [5.41, 5.74) is 3.84. The maximum absolute atomic E-state index is 13.2. The first kappa shape index (κ1) is 21.3. The molecule has 164 valence electrons. The second-order valence-electron chi connectivity index (χ2n) is 8.76. The van der Waals surface area contributed by atoms with Crippen molar-refractivity contribution in [2.75, 3.05) is 44.2 Å². The Morgan fingerprint density at radius 1 is 0.871 bits per heavy atom. The molecule has 2 heterocycles. The summed E-state index contributed by atoms with van der Waals surface area (Å²) in [6, 6.07) is 12.4. The summed E-state index contributed by atoms with van der Waals surface area (Å²) in [6.07, 6.45) is 1.68. The van der Waals surface area contributed by atoms with Crippen LogP contribution in [0.15, 0.2) is 42.5 Å². The molecule has 0 N–H and O–H groups in total. The van der Waals surface area contributed by atoms with Crippen molar-refractivity contribution < 1.29 is 14.0 Å². The number of aryl methyl sites for hydroxylation is 2. The summed E-state index contributed by atoms with van der Waals surface area (Å²) in [7, 11) is 0. The molecule has 0 saturated carbocycles. The van der Waals surface area contributed by atoms with Gasteiger partial charge in [-0.3, -0.25) is 9.59 Å². The van der Waals surface area contributed by atoms with Crippen LogP contribution in [0.1, 0.15) is 34.3 Å². The number of piperazine rings is 1. The second-order valence-corrected chi connectivity index (χ2v) is 8.76. The molecule has 0 radical (unpaired) electrons. The number of hydrogen-bond acceptors (Lipinski definition) is 3. The van der Waals surface area contributed by atoms with Gasteiger partial charge in [-0.1, -0.05) is 17.2 Å². The lowest BCUT2D eigenvalue weighted by Gasteiger charge is -2.39. The van der Waals surface area contributed by atoms with Gasteiger partial charge in [0.2, 0.25) is 5.91 Å². The third-order valence-electron chi connectivity index (χ3n) is 6.31. The molecule has 4 rings (SSSR count). The van der Waals surface area contributed by atoms with E-state index in [-0.39, 0.29) is 23.5 Å². The van der Waals surface area contributed by atoms with Crippen LogP contribution in [0.2, 0.25) is 0 Å². The van der Waals surface area contributed by atoms with Crippen LogP contribution in [-0.4, -0.2) is 60.9 Å². The molecule has 2 fully saturated rings. The summed E-state index contributed by atoms with van der Waals surface area (Å²) in [6.45, 7) is 7.95. The summed E-state index contributed by atoms with van der Waals surface area (Å²) in [5, 5.41) is 0. The molecular formula is C25H30FN3O2. The zero-order valence-corrected chi connectivity index (χ0v) is 18.3. The molecule has 2 aromatic rings. The summed E-state index contributed by atoms with van der Waals surface area (Å²) in [5.74, 6) is -0.210. The minimum absolute atomic E-state index is 0.0189. The van der Waals surface area contributed by atoms with Gasteiger partial charge < -0.3 is 14.7 Å². The van der Waals surface area contributed by atoms with Crippen molar-refractivity contribution in [3.8, 4) is 0 Å². The SMILES string of the molecule is Cc1cc(C)cc(C(=O)N2CCCC(C(=O)N3CCN(c4ccc(F)cc4)CC3)C2)c1. The highest BCUT2D eigenvalue weighted by Crippen LogP contribution is 2.23. The zero-order valence-electron chi connectivity index (χ0n) is 18.3. The minimum Gasteiger partial charge on any atom is -0.368 e. The molecule has 0 spiro atoms. The number of rotatable bonds is 3. The maximum atomic E-state index is 13.2. The Morgan fingerprint density at radius 2 is 1.52 bits per heavy atom. The molecule has 2 aromatic carbocycles. The maximum Gasteiger partial charge on any atom is 0.253 e. The number of anilines is 1. The second kappa shape index (κ2) is 9.08. The predicted octanol–water partition coefficient (Wildman–Crippen LogP) is 3.64. The fourth-order valence-electron chi connectivity index (χ4n) is 4.74. The van der Waals surface area contributed by atoms with E-state index in [0.717, 1.165) is 42.7 Å². The highest BCUT2D eigenvalue weighted by Gasteiger charge is 2.33. The largest absolute Gasteiger partial charge is 0.368 e. The van der Waals surface area contributed by atoms with Gasteiger partial charge in [-0.05, 0) is 63.1 Å². The van der Waals surface area contributed by atoms with Crippen LogP contribution in [0.5, 0.6) is 0 Å². The quantitative estimate of drug-likeness (QED) is 0.757. The smallest absolute Gasteiger partial charge is 0.253 e. The van der Waals surface area contributed by atoms with Gasteiger partial charge in [0, 0.05) is 50.5 Å². The number of hydrogen-bond donors (Lipinski definition) is 0. The van der Waals surface area contributed by atoms with Crippen LogP contribution >= 0.6 is 0 Å². The first-order valence-corrected chi connectivity index (χ1v) is 11.1. The molecular weight excluding hydrogens is 393 g/mol. The molecule has 6 heteroatoms. The Morgan fingerprint density at radius 3 is 2.16 bits per heavy atom. The number of benzene rings is 2. The van der Waals surface area contributed by atoms with Gasteiger partial charge in [0.05, 0.1) is 5.92 Å². The lowest BCUT2D eigenvalue weighted by Crippen LogP contribution is -2.53. The molecule has 1 unspecified atom stereocenters. The van der Waals surface area contributed by atoms with Gasteiger partial charge in [0.25, 0.3) is 5.91 Å². The number of nitrogens with zero attached hydrogens (tertiary/aromatic N) is 3. The Labute approximate surface area is 183 Å². The molecule has 0 aromatic heterocycles. The van der Waals surface area contributed by atoms with Crippen molar-refractivity contribution in [2.24, 2.45) is 5.92 Å². The third kappa shape index (κ3) is 4.89. The van der Waals surface area contributed by atoms with Crippen LogP contribution in [0.25, 0.3) is 0 Å². The van der Waals surface area contributed by atoms with Crippen LogP contribution in [-0.2, 0) is 4.79 Å². The highest BCUT2D eigenvalue weighted by atomic mass is 19.1. The molecule has 2 aliphatic rings. The summed E-state index contributed by atoms with van der Waals surface area (Å²) < 4.78 is 13.2. The standard InChI is InChI=1S/C25H30FN3O2/c1-18-14-19(2)16-21(15-18)25(31)29-9-3-4-20(17-29)24(30)28-12-10-27(11-13-28)23-7-5-22(26)6-8-23/h5-8,14-16,20H,3-4,9-13,17H2,1-2H3. The average molecular weight is 424 g/mol. The van der Waals surface area contributed by atoms with E-state index in [0.29, 0.717) is 31.7 Å². The number of halogens is 1. The molecule has 2 saturated heterocycles. The Kier molecular flexibility index (Phi) is 6.25. The molecule has 0 bridgehead atoms. The fraction of sp³-hybridized carbons (Fsp3) is 0.440. The van der Waals surface area contributed by atoms with Crippen LogP contribution in [0.3, 0.4) is 0 Å². The number of carbonyl (C=O) groups excluding carboxylic acids is 2. The zero-order chi connectivity index (χ0) is 22.0. The van der Waals surface area contributed by atoms with Crippen molar-refractivity contribution >= 4 is 17.5 Å². The molecule has 2 amide bonds. The van der Waals surface area contributed by atoms with Crippen molar-refractivity contribution in [3.05, 3.63) is 65.0 Å². The van der Waals surface area contributed by atoms with E-state index in [1.807, 2.05) is 35.8 Å². The van der Waals surface area contributed by atoms with Gasteiger partial charge >= 0.3 is 0 Å². The monoisotopic (exact) mass is 423 g/mol. The van der Waals surface area contributed by atoms with Crippen LogP contribution in [0.4, 0.5) is 10.1 Å².